The standard InChI is InChI=1S/C36H56O10/c1-18(2)19(3)32(45-23(7)39)33(46-24(8)40)20(4)26-11-12-27-25-17-42-34(41)29-15-30(43-21(5)37)31(44-22(6)38)16-36(29,10)28(25)13-14-35(26,27)9/h18-20,25-33H,11-17H2,1-10H3/t19-,20-,25-,26+,27-,28-,29+,30-,31+,32-,33-,35+,36+/m0/s1. The molecule has 10 nitrogen and oxygen atoms in total. The maximum atomic E-state index is 13.6. The van der Waals surface area contributed by atoms with Gasteiger partial charge in [-0.2, -0.15) is 0 Å². The normalized spacial score (nSPS) is 38.0. The van der Waals surface area contributed by atoms with Crippen molar-refractivity contribution in [2.45, 2.75) is 132 Å². The molecule has 0 spiro atoms. The van der Waals surface area contributed by atoms with Crippen LogP contribution in [0, 0.1) is 58.2 Å². The lowest BCUT2D eigenvalue weighted by Gasteiger charge is -2.56. The average Bonchev–Trinajstić information content (AvgIpc) is 3.25. The third-order valence-corrected chi connectivity index (χ3v) is 12.7. The Labute approximate surface area is 274 Å². The van der Waals surface area contributed by atoms with Gasteiger partial charge in [0, 0.05) is 40.0 Å². The van der Waals surface area contributed by atoms with Crippen LogP contribution in [0.15, 0.2) is 0 Å². The van der Waals surface area contributed by atoms with Crippen LogP contribution in [-0.4, -0.2) is 60.9 Å². The summed E-state index contributed by atoms with van der Waals surface area (Å²) in [6, 6.07) is 0. The van der Waals surface area contributed by atoms with Crippen molar-refractivity contribution in [1.82, 2.24) is 0 Å². The predicted molar refractivity (Wildman–Crippen MR) is 168 cm³/mol. The summed E-state index contributed by atoms with van der Waals surface area (Å²) in [4.78, 5) is 62.4. The Morgan fingerprint density at radius 1 is 0.761 bits per heavy atom. The van der Waals surface area contributed by atoms with Crippen molar-refractivity contribution in [1.29, 1.82) is 0 Å². The first kappa shape index (κ1) is 36.2. The Balaban J connectivity index is 1.65. The Bertz CT molecular complexity index is 1180. The second-order valence-corrected chi connectivity index (χ2v) is 15.6. The van der Waals surface area contributed by atoms with Crippen LogP contribution in [0.2, 0.25) is 0 Å². The van der Waals surface area contributed by atoms with Gasteiger partial charge in [0.05, 0.1) is 12.5 Å². The van der Waals surface area contributed by atoms with E-state index in [1.54, 1.807) is 0 Å². The van der Waals surface area contributed by atoms with Gasteiger partial charge >= 0.3 is 29.8 Å². The number of cyclic esters (lactones) is 1. The van der Waals surface area contributed by atoms with Crippen LogP contribution in [0.3, 0.4) is 0 Å². The van der Waals surface area contributed by atoms with Crippen LogP contribution < -0.4 is 0 Å². The SMILES string of the molecule is CC(=O)O[C@H]([C@@H](OC(C)=O)[C@@H](C)[C@H]1CC[C@H]2[C@@H]3COC(=O)[C@H]4C[C@H](OC(C)=O)[C@H](OC(C)=O)C[C@]4(C)[C@H]3CC[C@]12C)[C@@H](C)C(C)C. The van der Waals surface area contributed by atoms with Gasteiger partial charge in [-0.1, -0.05) is 41.5 Å². The zero-order valence-electron chi connectivity index (χ0n) is 29.5. The highest BCUT2D eigenvalue weighted by Gasteiger charge is 2.64. The Morgan fingerprint density at radius 3 is 1.89 bits per heavy atom. The molecular formula is C36H56O10. The molecule has 4 aliphatic rings. The van der Waals surface area contributed by atoms with Gasteiger partial charge in [0.25, 0.3) is 0 Å². The molecule has 260 valence electrons. The van der Waals surface area contributed by atoms with E-state index in [2.05, 4.69) is 34.6 Å². The van der Waals surface area contributed by atoms with E-state index in [9.17, 15) is 24.0 Å². The number of carbonyl (C=O) groups is 5. The minimum atomic E-state index is -0.703. The van der Waals surface area contributed by atoms with Gasteiger partial charge in [0.15, 0.2) is 0 Å². The fourth-order valence-electron chi connectivity index (χ4n) is 10.3. The number of hydrogen-bond donors (Lipinski definition) is 0. The summed E-state index contributed by atoms with van der Waals surface area (Å²) in [6.45, 7) is 18.6. The molecule has 0 bridgehead atoms. The summed E-state index contributed by atoms with van der Waals surface area (Å²) in [6.07, 6.45) is 1.82. The van der Waals surface area contributed by atoms with Crippen molar-refractivity contribution in [3.8, 4) is 0 Å². The molecule has 10 heteroatoms. The average molecular weight is 649 g/mol. The molecule has 1 aliphatic heterocycles. The molecule has 46 heavy (non-hydrogen) atoms. The minimum absolute atomic E-state index is 0.0260. The van der Waals surface area contributed by atoms with Gasteiger partial charge in [-0.25, -0.2) is 0 Å². The maximum Gasteiger partial charge on any atom is 0.309 e. The summed E-state index contributed by atoms with van der Waals surface area (Å²) >= 11 is 0. The number of carbonyl (C=O) groups excluding carboxylic acids is 5. The molecule has 3 aliphatic carbocycles. The highest BCUT2D eigenvalue weighted by atomic mass is 16.6. The minimum Gasteiger partial charge on any atom is -0.465 e. The summed E-state index contributed by atoms with van der Waals surface area (Å²) in [5.41, 5.74) is -0.624. The van der Waals surface area contributed by atoms with E-state index >= 15 is 0 Å². The van der Waals surface area contributed by atoms with Crippen molar-refractivity contribution in [2.75, 3.05) is 6.61 Å². The first-order valence-electron chi connectivity index (χ1n) is 17.3. The van der Waals surface area contributed by atoms with E-state index in [-0.39, 0.29) is 59.2 Å². The second-order valence-electron chi connectivity index (χ2n) is 15.6. The quantitative estimate of drug-likeness (QED) is 0.228. The van der Waals surface area contributed by atoms with E-state index in [1.807, 2.05) is 6.92 Å². The molecule has 1 heterocycles. The maximum absolute atomic E-state index is 13.6. The van der Waals surface area contributed by atoms with E-state index in [0.717, 1.165) is 25.7 Å². The number of hydrogen-bond acceptors (Lipinski definition) is 10. The highest BCUT2D eigenvalue weighted by molar-refractivity contribution is 5.75. The Hall–Kier alpha value is -2.65. The number of rotatable bonds is 9. The largest absolute Gasteiger partial charge is 0.465 e. The van der Waals surface area contributed by atoms with E-state index in [1.165, 1.54) is 27.7 Å². The third-order valence-electron chi connectivity index (χ3n) is 12.7. The molecule has 0 N–H and O–H groups in total. The Morgan fingerprint density at radius 2 is 1.33 bits per heavy atom. The molecule has 0 radical (unpaired) electrons. The summed E-state index contributed by atoms with van der Waals surface area (Å²) in [5.74, 6) is -1.66. The van der Waals surface area contributed by atoms with Crippen LogP contribution in [0.4, 0.5) is 0 Å². The van der Waals surface area contributed by atoms with E-state index in [4.69, 9.17) is 23.7 Å². The fourth-order valence-corrected chi connectivity index (χ4v) is 10.3. The Kier molecular flexibility index (Phi) is 10.9. The number of ether oxygens (including phenoxy) is 5. The van der Waals surface area contributed by atoms with Gasteiger partial charge in [-0.05, 0) is 78.4 Å². The zero-order valence-corrected chi connectivity index (χ0v) is 29.5. The topological polar surface area (TPSA) is 132 Å². The van der Waals surface area contributed by atoms with E-state index in [0.29, 0.717) is 13.0 Å². The van der Waals surface area contributed by atoms with Crippen molar-refractivity contribution >= 4 is 29.8 Å². The lowest BCUT2D eigenvalue weighted by atomic mass is 9.48. The molecular weight excluding hydrogens is 592 g/mol. The molecule has 0 aromatic heterocycles. The molecule has 1 saturated heterocycles. The van der Waals surface area contributed by atoms with Crippen molar-refractivity contribution < 1.29 is 47.7 Å². The van der Waals surface area contributed by atoms with Crippen molar-refractivity contribution in [2.24, 2.45) is 58.2 Å². The third kappa shape index (κ3) is 6.96. The number of fused-ring (bicyclic) bond motifs is 5. The lowest BCUT2D eigenvalue weighted by Crippen LogP contribution is -2.56. The molecule has 0 unspecified atom stereocenters. The van der Waals surface area contributed by atoms with Crippen molar-refractivity contribution in [3.63, 3.8) is 0 Å². The summed E-state index contributed by atoms with van der Waals surface area (Å²) in [5, 5.41) is 0. The van der Waals surface area contributed by atoms with Crippen LogP contribution in [-0.2, 0) is 47.7 Å². The number of esters is 5. The van der Waals surface area contributed by atoms with Gasteiger partial charge in [0.2, 0.25) is 0 Å². The lowest BCUT2D eigenvalue weighted by molar-refractivity contribution is -0.189. The van der Waals surface area contributed by atoms with Gasteiger partial charge in [0.1, 0.15) is 24.4 Å². The highest BCUT2D eigenvalue weighted by Crippen LogP contribution is 2.66. The predicted octanol–water partition coefficient (Wildman–Crippen LogP) is 5.67. The molecule has 0 amide bonds. The van der Waals surface area contributed by atoms with Gasteiger partial charge in [-0.3, -0.25) is 24.0 Å². The van der Waals surface area contributed by atoms with Crippen LogP contribution >= 0.6 is 0 Å². The van der Waals surface area contributed by atoms with Crippen LogP contribution in [0.25, 0.3) is 0 Å². The fraction of sp³-hybridized carbons (Fsp3) is 0.861. The summed E-state index contributed by atoms with van der Waals surface area (Å²) in [7, 11) is 0. The van der Waals surface area contributed by atoms with Crippen LogP contribution in [0.5, 0.6) is 0 Å². The first-order chi connectivity index (χ1) is 21.4. The molecule has 4 fully saturated rings. The monoisotopic (exact) mass is 648 g/mol. The zero-order chi connectivity index (χ0) is 34.3. The molecule has 4 rings (SSSR count). The molecule has 0 aromatic rings. The molecule has 13 atom stereocenters. The molecule has 3 saturated carbocycles. The van der Waals surface area contributed by atoms with Gasteiger partial charge in [-0.15, -0.1) is 0 Å². The first-order valence-corrected chi connectivity index (χ1v) is 17.3. The molecule has 0 aromatic carbocycles. The van der Waals surface area contributed by atoms with Crippen LogP contribution in [0.1, 0.15) is 108 Å². The second kappa shape index (κ2) is 13.8. The van der Waals surface area contributed by atoms with E-state index < -0.39 is 59.6 Å². The summed E-state index contributed by atoms with van der Waals surface area (Å²) < 4.78 is 29.3. The van der Waals surface area contributed by atoms with Crippen molar-refractivity contribution in [3.05, 3.63) is 0 Å². The smallest absolute Gasteiger partial charge is 0.309 e. The van der Waals surface area contributed by atoms with Gasteiger partial charge < -0.3 is 23.7 Å².